The Morgan fingerprint density at radius 1 is 1.05 bits per heavy atom. The average molecular weight is 571 g/mol. The fourth-order valence-corrected chi connectivity index (χ4v) is 17.5. The average Bonchev–Trinajstić information content (AvgIpc) is 3.30. The highest BCUT2D eigenvalue weighted by molar-refractivity contribution is 6.84. The number of aliphatic hydroxyl groups excluding tert-OH is 1. The number of aryl methyl sites for hydroxylation is 1. The number of nitrogen functional groups attached to an aromatic ring is 1. The SMILES string of the molecule is CCc1cn([C@@H]2O[C@@H]3CO[Si](C(C)C)(C(C)C)O[Si](C(C)C)(C(C)C)O[C@H]3[C@H]2O)c2nc(N)nc(Cl)c12. The summed E-state index contributed by atoms with van der Waals surface area (Å²) in [5.41, 5.74) is 8.19. The van der Waals surface area contributed by atoms with Gasteiger partial charge in [0, 0.05) is 6.20 Å². The molecule has 0 aliphatic carbocycles. The van der Waals surface area contributed by atoms with E-state index < -0.39 is 41.7 Å². The van der Waals surface area contributed by atoms with Crippen LogP contribution >= 0.6 is 11.6 Å². The summed E-state index contributed by atoms with van der Waals surface area (Å²) >= 11 is 6.47. The molecule has 2 aromatic rings. The van der Waals surface area contributed by atoms with Crippen LogP contribution in [0.15, 0.2) is 6.20 Å². The van der Waals surface area contributed by atoms with Gasteiger partial charge in [-0.25, -0.2) is 4.98 Å². The van der Waals surface area contributed by atoms with Crippen molar-refractivity contribution >= 4 is 45.7 Å². The molecular weight excluding hydrogens is 528 g/mol. The van der Waals surface area contributed by atoms with Crippen LogP contribution in [0.2, 0.25) is 27.3 Å². The van der Waals surface area contributed by atoms with Crippen molar-refractivity contribution in [3.05, 3.63) is 16.9 Å². The Morgan fingerprint density at radius 3 is 2.19 bits per heavy atom. The number of aromatic nitrogens is 3. The van der Waals surface area contributed by atoms with Crippen LogP contribution in [0.4, 0.5) is 5.95 Å². The van der Waals surface area contributed by atoms with Crippen molar-refractivity contribution in [2.75, 3.05) is 12.3 Å². The number of aliphatic hydroxyl groups is 1. The first-order valence-electron chi connectivity index (χ1n) is 13.5. The molecule has 0 amide bonds. The normalized spacial score (nSPS) is 27.9. The van der Waals surface area contributed by atoms with Crippen LogP contribution in [-0.2, 0) is 24.1 Å². The van der Waals surface area contributed by atoms with Crippen LogP contribution in [0.3, 0.4) is 0 Å². The summed E-state index contributed by atoms with van der Waals surface area (Å²) in [4.78, 5) is 8.60. The van der Waals surface area contributed by atoms with Gasteiger partial charge in [-0.1, -0.05) is 73.9 Å². The molecule has 0 unspecified atom stereocenters. The molecule has 208 valence electrons. The largest absolute Gasteiger partial charge is 0.414 e. The maximum atomic E-state index is 11.7. The Balaban J connectivity index is 1.82. The molecule has 12 heteroatoms. The fraction of sp³-hybridized carbons (Fsp3) is 0.760. The quantitative estimate of drug-likeness (QED) is 0.348. The van der Waals surface area contributed by atoms with Crippen LogP contribution < -0.4 is 5.73 Å². The molecule has 0 spiro atoms. The molecule has 0 radical (unpaired) electrons. The Labute approximate surface area is 227 Å². The first-order valence-corrected chi connectivity index (χ1v) is 17.8. The number of halogens is 1. The van der Waals surface area contributed by atoms with Gasteiger partial charge in [-0.2, -0.15) is 4.98 Å². The lowest BCUT2D eigenvalue weighted by Crippen LogP contribution is -2.65. The Bertz CT molecular complexity index is 1110. The number of hydrogen-bond acceptors (Lipinski definition) is 8. The molecule has 2 aromatic heterocycles. The number of nitrogens with zero attached hydrogens (tertiary/aromatic N) is 3. The molecule has 2 aliphatic heterocycles. The van der Waals surface area contributed by atoms with E-state index in [4.69, 9.17) is 35.0 Å². The monoisotopic (exact) mass is 570 g/mol. The molecule has 0 bridgehead atoms. The summed E-state index contributed by atoms with van der Waals surface area (Å²) < 4.78 is 29.5. The van der Waals surface area contributed by atoms with Crippen LogP contribution in [0.25, 0.3) is 11.0 Å². The molecule has 4 rings (SSSR count). The smallest absolute Gasteiger partial charge is 0.335 e. The van der Waals surface area contributed by atoms with E-state index in [1.807, 2.05) is 17.7 Å². The zero-order valence-electron chi connectivity index (χ0n) is 23.5. The number of fused-ring (bicyclic) bond motifs is 2. The number of rotatable bonds is 6. The Morgan fingerprint density at radius 2 is 1.65 bits per heavy atom. The van der Waals surface area contributed by atoms with E-state index in [0.717, 1.165) is 10.9 Å². The molecule has 0 aromatic carbocycles. The summed E-state index contributed by atoms with van der Waals surface area (Å²) in [6, 6.07) is 0. The predicted molar refractivity (Wildman–Crippen MR) is 150 cm³/mol. The molecule has 4 heterocycles. The van der Waals surface area contributed by atoms with Gasteiger partial charge in [0.2, 0.25) is 5.95 Å². The maximum absolute atomic E-state index is 11.7. The third-order valence-electron chi connectivity index (χ3n) is 8.02. The summed E-state index contributed by atoms with van der Waals surface area (Å²) in [5, 5.41) is 12.7. The third kappa shape index (κ3) is 4.69. The van der Waals surface area contributed by atoms with Crippen molar-refractivity contribution in [2.45, 2.75) is 115 Å². The van der Waals surface area contributed by atoms with Gasteiger partial charge in [0.15, 0.2) is 6.23 Å². The number of hydrogen-bond donors (Lipinski definition) is 2. The van der Waals surface area contributed by atoms with Crippen molar-refractivity contribution in [3.63, 3.8) is 0 Å². The van der Waals surface area contributed by atoms with Gasteiger partial charge >= 0.3 is 17.1 Å². The number of anilines is 1. The highest BCUT2D eigenvalue weighted by Crippen LogP contribution is 2.48. The minimum atomic E-state index is -2.89. The van der Waals surface area contributed by atoms with E-state index in [0.29, 0.717) is 23.8 Å². The minimum Gasteiger partial charge on any atom is -0.414 e. The topological polar surface area (TPSA) is 114 Å². The second-order valence-electron chi connectivity index (χ2n) is 11.6. The molecule has 4 atom stereocenters. The summed E-state index contributed by atoms with van der Waals surface area (Å²) in [7, 11) is -5.60. The maximum Gasteiger partial charge on any atom is 0.335 e. The number of ether oxygens (including phenoxy) is 1. The van der Waals surface area contributed by atoms with Crippen molar-refractivity contribution in [3.8, 4) is 0 Å². The van der Waals surface area contributed by atoms with Gasteiger partial charge < -0.3 is 33.1 Å². The molecule has 2 aliphatic rings. The first kappa shape index (κ1) is 28.9. The van der Waals surface area contributed by atoms with E-state index in [-0.39, 0.29) is 28.1 Å². The molecule has 0 saturated carbocycles. The van der Waals surface area contributed by atoms with Crippen molar-refractivity contribution in [2.24, 2.45) is 0 Å². The second kappa shape index (κ2) is 10.5. The zero-order valence-corrected chi connectivity index (χ0v) is 26.2. The first-order chi connectivity index (χ1) is 17.3. The molecular formula is C25H43ClN4O5Si2. The van der Waals surface area contributed by atoms with E-state index in [1.54, 1.807) is 0 Å². The lowest BCUT2D eigenvalue weighted by molar-refractivity contribution is -0.0568. The van der Waals surface area contributed by atoms with Crippen LogP contribution in [0.1, 0.15) is 74.1 Å². The second-order valence-corrected chi connectivity index (χ2v) is 20.8. The molecule has 2 fully saturated rings. The zero-order chi connectivity index (χ0) is 27.4. The third-order valence-corrected chi connectivity index (χ3v) is 18.5. The molecule has 9 nitrogen and oxygen atoms in total. The fourth-order valence-electron chi connectivity index (χ4n) is 6.02. The Hall–Kier alpha value is -1.06. The van der Waals surface area contributed by atoms with E-state index in [2.05, 4.69) is 65.4 Å². The van der Waals surface area contributed by atoms with Crippen LogP contribution in [0, 0.1) is 0 Å². The van der Waals surface area contributed by atoms with Crippen molar-refractivity contribution in [1.82, 2.24) is 14.5 Å². The minimum absolute atomic E-state index is 0.0710. The number of nitrogens with two attached hydrogens (primary N) is 1. The van der Waals surface area contributed by atoms with E-state index in [1.165, 1.54) is 0 Å². The summed E-state index contributed by atoms with van der Waals surface area (Å²) in [6.45, 7) is 19.7. The lowest BCUT2D eigenvalue weighted by Gasteiger charge is -2.51. The standard InChI is InChI=1S/C25H43ClN4O5Si2/c1-10-17-11-30(23-19(17)22(26)28-25(27)29-23)24-20(31)21-18(33-24)12-32-36(13(2)3,14(4)5)35-37(34-21,15(6)7)16(8)9/h11,13-16,18,20-21,24,31H,10,12H2,1-9H3,(H2,27,28,29)/t18-,20-,21-,24-/m1/s1. The Kier molecular flexibility index (Phi) is 8.21. The van der Waals surface area contributed by atoms with Crippen molar-refractivity contribution in [1.29, 1.82) is 0 Å². The van der Waals surface area contributed by atoms with Gasteiger partial charge in [-0.05, 0) is 34.1 Å². The van der Waals surface area contributed by atoms with Crippen LogP contribution in [0.5, 0.6) is 0 Å². The van der Waals surface area contributed by atoms with E-state index in [9.17, 15) is 5.11 Å². The van der Waals surface area contributed by atoms with Crippen molar-refractivity contribution < 1.29 is 22.8 Å². The van der Waals surface area contributed by atoms with Gasteiger partial charge in [-0.3, -0.25) is 0 Å². The molecule has 37 heavy (non-hydrogen) atoms. The molecule has 3 N–H and O–H groups in total. The van der Waals surface area contributed by atoms with Gasteiger partial charge in [0.1, 0.15) is 29.1 Å². The molecule has 2 saturated heterocycles. The predicted octanol–water partition coefficient (Wildman–Crippen LogP) is 5.44. The van der Waals surface area contributed by atoms with Gasteiger partial charge in [-0.15, -0.1) is 0 Å². The van der Waals surface area contributed by atoms with Crippen LogP contribution in [-0.4, -0.2) is 61.7 Å². The highest BCUT2D eigenvalue weighted by Gasteiger charge is 2.61. The lowest BCUT2D eigenvalue weighted by atomic mass is 10.1. The summed E-state index contributed by atoms with van der Waals surface area (Å²) in [6.07, 6.45) is -0.145. The van der Waals surface area contributed by atoms with E-state index >= 15 is 0 Å². The van der Waals surface area contributed by atoms with Gasteiger partial charge in [0.25, 0.3) is 0 Å². The van der Waals surface area contributed by atoms with Gasteiger partial charge in [0.05, 0.1) is 12.0 Å². The highest BCUT2D eigenvalue weighted by atomic mass is 35.5. The summed E-state index contributed by atoms with van der Waals surface area (Å²) in [5.74, 6) is 0.0710.